The van der Waals surface area contributed by atoms with Gasteiger partial charge in [-0.3, -0.25) is 0 Å². The lowest BCUT2D eigenvalue weighted by atomic mass is 10.4. The molecule has 0 N–H and O–H groups in total. The van der Waals surface area contributed by atoms with Crippen LogP contribution < -0.4 is 4.74 Å². The monoisotopic (exact) mass is 184 g/mol. The topological polar surface area (TPSA) is 48.7 Å². The van der Waals surface area contributed by atoms with E-state index in [0.29, 0.717) is 5.75 Å². The van der Waals surface area contributed by atoms with Crippen molar-refractivity contribution in [3.63, 3.8) is 0 Å². The zero-order chi connectivity index (χ0) is 9.84. The fraction of sp³-hybridized carbons (Fsp3) is 0.444. The zero-order valence-corrected chi connectivity index (χ0v) is 7.87. The van der Waals surface area contributed by atoms with Crippen molar-refractivity contribution < 1.29 is 18.7 Å². The molecule has 1 heterocycles. The highest BCUT2D eigenvalue weighted by Gasteiger charge is 2.18. The molecule has 0 bridgehead atoms. The maximum absolute atomic E-state index is 11.3. The Morgan fingerprint density at radius 3 is 2.77 bits per heavy atom. The van der Waals surface area contributed by atoms with E-state index in [1.807, 2.05) is 0 Å². The standard InChI is InChI=1S/C9H12O4/c1-6(2)13-9(10)8-7(11-3)4-5-12-8/h4-6H,1-3H3. The van der Waals surface area contributed by atoms with Gasteiger partial charge in [-0.1, -0.05) is 0 Å². The predicted molar refractivity (Wildman–Crippen MR) is 45.8 cm³/mol. The van der Waals surface area contributed by atoms with Crippen molar-refractivity contribution >= 4 is 5.97 Å². The van der Waals surface area contributed by atoms with Gasteiger partial charge in [-0.05, 0) is 13.8 Å². The molecule has 0 fully saturated rings. The molecule has 0 spiro atoms. The lowest BCUT2D eigenvalue weighted by Crippen LogP contribution is -2.11. The van der Waals surface area contributed by atoms with Gasteiger partial charge in [0.1, 0.15) is 0 Å². The smallest absolute Gasteiger partial charge is 0.378 e. The van der Waals surface area contributed by atoms with Crippen LogP contribution in [-0.2, 0) is 4.74 Å². The Kier molecular flexibility index (Phi) is 2.95. The van der Waals surface area contributed by atoms with E-state index < -0.39 is 5.97 Å². The van der Waals surface area contributed by atoms with E-state index in [0.717, 1.165) is 0 Å². The first-order valence-electron chi connectivity index (χ1n) is 3.97. The fourth-order valence-electron chi connectivity index (χ4n) is 0.875. The lowest BCUT2D eigenvalue weighted by molar-refractivity contribution is 0.0336. The van der Waals surface area contributed by atoms with Gasteiger partial charge in [0.05, 0.1) is 19.5 Å². The minimum atomic E-state index is -0.503. The summed E-state index contributed by atoms with van der Waals surface area (Å²) in [7, 11) is 1.47. The predicted octanol–water partition coefficient (Wildman–Crippen LogP) is 1.85. The number of carbonyl (C=O) groups is 1. The van der Waals surface area contributed by atoms with Gasteiger partial charge in [0.25, 0.3) is 5.76 Å². The van der Waals surface area contributed by atoms with Crippen LogP contribution in [0.25, 0.3) is 0 Å². The summed E-state index contributed by atoms with van der Waals surface area (Å²) < 4.78 is 14.7. The molecule has 72 valence electrons. The summed E-state index contributed by atoms with van der Waals surface area (Å²) >= 11 is 0. The van der Waals surface area contributed by atoms with Crippen LogP contribution >= 0.6 is 0 Å². The molecule has 0 amide bonds. The summed E-state index contributed by atoms with van der Waals surface area (Å²) in [6.07, 6.45) is 1.22. The first kappa shape index (κ1) is 9.64. The Morgan fingerprint density at radius 2 is 2.23 bits per heavy atom. The van der Waals surface area contributed by atoms with Crippen molar-refractivity contribution in [3.05, 3.63) is 18.1 Å². The van der Waals surface area contributed by atoms with E-state index >= 15 is 0 Å². The van der Waals surface area contributed by atoms with Gasteiger partial charge in [-0.25, -0.2) is 4.79 Å². The number of esters is 1. The van der Waals surface area contributed by atoms with Crippen molar-refractivity contribution in [2.24, 2.45) is 0 Å². The van der Waals surface area contributed by atoms with Crippen molar-refractivity contribution in [2.45, 2.75) is 20.0 Å². The molecule has 0 aliphatic rings. The Balaban J connectivity index is 2.76. The molecular formula is C9H12O4. The Bertz CT molecular complexity index is 288. The van der Waals surface area contributed by atoms with E-state index in [2.05, 4.69) is 0 Å². The van der Waals surface area contributed by atoms with Gasteiger partial charge in [-0.2, -0.15) is 0 Å². The van der Waals surface area contributed by atoms with E-state index in [-0.39, 0.29) is 11.9 Å². The minimum Gasteiger partial charge on any atom is -0.492 e. The Labute approximate surface area is 76.4 Å². The molecule has 0 saturated heterocycles. The number of carbonyl (C=O) groups excluding carboxylic acids is 1. The van der Waals surface area contributed by atoms with Crippen LogP contribution in [0.5, 0.6) is 5.75 Å². The highest BCUT2D eigenvalue weighted by molar-refractivity contribution is 5.89. The molecular weight excluding hydrogens is 172 g/mol. The highest BCUT2D eigenvalue weighted by Crippen LogP contribution is 2.20. The average molecular weight is 184 g/mol. The lowest BCUT2D eigenvalue weighted by Gasteiger charge is -2.06. The third kappa shape index (κ3) is 2.24. The van der Waals surface area contributed by atoms with E-state index in [9.17, 15) is 4.79 Å². The average Bonchev–Trinajstić information content (AvgIpc) is 2.49. The summed E-state index contributed by atoms with van der Waals surface area (Å²) in [4.78, 5) is 11.3. The third-order valence-electron chi connectivity index (χ3n) is 1.38. The molecule has 13 heavy (non-hydrogen) atoms. The van der Waals surface area contributed by atoms with Crippen molar-refractivity contribution in [1.82, 2.24) is 0 Å². The van der Waals surface area contributed by atoms with Crippen LogP contribution in [0, 0.1) is 0 Å². The van der Waals surface area contributed by atoms with Gasteiger partial charge in [0, 0.05) is 6.07 Å². The first-order valence-corrected chi connectivity index (χ1v) is 3.97. The third-order valence-corrected chi connectivity index (χ3v) is 1.38. The van der Waals surface area contributed by atoms with Crippen molar-refractivity contribution in [1.29, 1.82) is 0 Å². The van der Waals surface area contributed by atoms with Gasteiger partial charge in [0.2, 0.25) is 0 Å². The summed E-state index contributed by atoms with van der Waals surface area (Å²) in [6, 6.07) is 1.57. The van der Waals surface area contributed by atoms with Crippen molar-refractivity contribution in [2.75, 3.05) is 7.11 Å². The van der Waals surface area contributed by atoms with Gasteiger partial charge >= 0.3 is 5.97 Å². The van der Waals surface area contributed by atoms with Gasteiger partial charge < -0.3 is 13.9 Å². The van der Waals surface area contributed by atoms with Crippen LogP contribution in [0.15, 0.2) is 16.7 Å². The SMILES string of the molecule is COc1ccoc1C(=O)OC(C)C. The molecule has 0 aliphatic heterocycles. The normalized spacial score (nSPS) is 10.2. The van der Waals surface area contributed by atoms with Crippen LogP contribution in [0.1, 0.15) is 24.4 Å². The minimum absolute atomic E-state index is 0.108. The van der Waals surface area contributed by atoms with Crippen LogP contribution in [0.2, 0.25) is 0 Å². The second-order valence-electron chi connectivity index (χ2n) is 2.77. The summed E-state index contributed by atoms with van der Waals surface area (Å²) in [5, 5.41) is 0. The van der Waals surface area contributed by atoms with E-state index in [4.69, 9.17) is 13.9 Å². The molecule has 0 aromatic carbocycles. The summed E-state index contributed by atoms with van der Waals surface area (Å²) in [5.41, 5.74) is 0. The second-order valence-corrected chi connectivity index (χ2v) is 2.77. The summed E-state index contributed by atoms with van der Waals surface area (Å²) in [5.74, 6) is -0.00120. The first-order chi connectivity index (χ1) is 6.15. The second kappa shape index (κ2) is 3.98. The largest absolute Gasteiger partial charge is 0.492 e. The van der Waals surface area contributed by atoms with E-state index in [1.165, 1.54) is 13.4 Å². The molecule has 0 atom stereocenters. The molecule has 0 radical (unpaired) electrons. The molecule has 0 saturated carbocycles. The molecule has 4 heteroatoms. The number of hydrogen-bond acceptors (Lipinski definition) is 4. The quantitative estimate of drug-likeness (QED) is 0.672. The van der Waals surface area contributed by atoms with Gasteiger partial charge in [-0.15, -0.1) is 0 Å². The highest BCUT2D eigenvalue weighted by atomic mass is 16.6. The maximum Gasteiger partial charge on any atom is 0.378 e. The molecule has 4 nitrogen and oxygen atoms in total. The van der Waals surface area contributed by atoms with Crippen molar-refractivity contribution in [3.8, 4) is 5.75 Å². The molecule has 1 rings (SSSR count). The van der Waals surface area contributed by atoms with Crippen LogP contribution in [0.3, 0.4) is 0 Å². The molecule has 0 unspecified atom stereocenters. The fourth-order valence-corrected chi connectivity index (χ4v) is 0.875. The molecule has 1 aromatic heterocycles. The Morgan fingerprint density at radius 1 is 1.54 bits per heavy atom. The van der Waals surface area contributed by atoms with Crippen LogP contribution in [0.4, 0.5) is 0 Å². The number of ether oxygens (including phenoxy) is 2. The number of rotatable bonds is 3. The number of hydrogen-bond donors (Lipinski definition) is 0. The molecule has 1 aromatic rings. The zero-order valence-electron chi connectivity index (χ0n) is 7.87. The number of furan rings is 1. The van der Waals surface area contributed by atoms with Gasteiger partial charge in [0.15, 0.2) is 5.75 Å². The summed E-state index contributed by atoms with van der Waals surface area (Å²) in [6.45, 7) is 3.54. The maximum atomic E-state index is 11.3. The van der Waals surface area contributed by atoms with E-state index in [1.54, 1.807) is 19.9 Å². The molecule has 0 aliphatic carbocycles. The Hall–Kier alpha value is -1.45. The van der Waals surface area contributed by atoms with Crippen LogP contribution in [-0.4, -0.2) is 19.2 Å². The number of methoxy groups -OCH3 is 1.